The number of methoxy groups -OCH3 is 2. The topological polar surface area (TPSA) is 89.1 Å². The Kier molecular flexibility index (Phi) is 19.4. The van der Waals surface area contributed by atoms with E-state index < -0.39 is 0 Å². The lowest BCUT2D eigenvalue weighted by Gasteiger charge is -2.24. The number of hydrogen-bond acceptors (Lipinski definition) is 4. The highest BCUT2D eigenvalue weighted by Crippen LogP contribution is 2.51. The van der Waals surface area contributed by atoms with Gasteiger partial charge in [-0.2, -0.15) is 0 Å². The minimum Gasteiger partial charge on any atom is -0.466 e. The average Bonchev–Trinajstić information content (AvgIpc) is 1.42. The number of fused-ring (bicyclic) bond motifs is 9. The van der Waals surface area contributed by atoms with Crippen molar-refractivity contribution in [2.45, 2.75) is 216 Å². The number of carbonyl (C=O) groups excluding carboxylic acids is 2. The first-order chi connectivity index (χ1) is 57.2. The van der Waals surface area contributed by atoms with Crippen molar-refractivity contribution in [3.63, 3.8) is 0 Å². The fourth-order valence-electron chi connectivity index (χ4n) is 18.8. The van der Waals surface area contributed by atoms with E-state index in [9.17, 15) is 9.59 Å². The van der Waals surface area contributed by atoms with Gasteiger partial charge in [-0.3, -0.25) is 0 Å². The fourth-order valence-corrected chi connectivity index (χ4v) is 18.8. The van der Waals surface area contributed by atoms with E-state index >= 15 is 0 Å². The molecule has 17 aromatic carbocycles. The molecule has 20 rings (SSSR count). The van der Waals surface area contributed by atoms with Gasteiger partial charge in [-0.15, -0.1) is 0 Å². The first-order valence-corrected chi connectivity index (χ1v) is 43.6. The first-order valence-electron chi connectivity index (χ1n) is 43.6. The van der Waals surface area contributed by atoms with Crippen LogP contribution in [0.3, 0.4) is 0 Å². The standard InChI is InChI=1S/C32H31N.C29H32O2.C28H29NO2.C26H27N/c1-31(2,3)22-16-20-12-13-21-17-23(32(4,5)6)19-27-29(21)28(20)26(18-22)25-14-15-33(30(25)27)24-10-8-7-9-11-24;1-17(27(30)31-8)11-20-12-21-15-22(28(2,3)4)13-18-9-10-19-14-23(29(5,6)7)16-24(20)26(19)25(18)21;1-27(2,3)17-10-15-8-9-16-11-18(28(4,5)6)13-21-24(16)23(15)19(12-17)20-14-22(26(30)31-7)29-25(20)21;1-25(2,3)17-11-15-7-8-16-12-18(26(4,5)6)14-21-23(16)22(15)20(13-17)19-9-10-27-24(19)21/h7-19H,1-6H3;9-16H,1-8H3;8-14,29H,1-7H3;7-14,27H,1-6H3/b;17-11-;;. The molecule has 2 N–H and O–H groups in total. The van der Waals surface area contributed by atoms with Gasteiger partial charge in [0.25, 0.3) is 0 Å². The summed E-state index contributed by atoms with van der Waals surface area (Å²) < 4.78 is 12.4. The summed E-state index contributed by atoms with van der Waals surface area (Å²) >= 11 is 0. The zero-order valence-corrected chi connectivity index (χ0v) is 76.9. The molecular weight excluding hydrogens is 1490 g/mol. The number of esters is 2. The SMILES string of the molecule is CC(C)(C)c1cc2ccc3cc(C(C)(C)C)cc4c3c2c(c1)c1ccn(-c2ccccc2)c14.CC(C)(C)c1cc2ccc3cc(C(C)(C)C)cc4c5[nH]ccc5c(c1)c2c34.COC(=O)/C(C)=C\c1cc2cc(C(C)(C)C)cc3ccc4cc(C(C)(C)C)cc1c4c32.COC(=O)c1cc2c3cc(C(C)(C)C)cc4ccc5cc(C(C)(C)C)cc(c2[nH]1)c5c43. The summed E-state index contributed by atoms with van der Waals surface area (Å²) in [6.07, 6.45) is 6.30. The number of carbonyl (C=O) groups is 2. The molecule has 618 valence electrons. The summed E-state index contributed by atoms with van der Waals surface area (Å²) in [6.45, 7) is 56.3. The molecule has 0 unspecified atom stereocenters. The zero-order valence-electron chi connectivity index (χ0n) is 76.9. The van der Waals surface area contributed by atoms with Crippen LogP contribution < -0.4 is 0 Å². The summed E-state index contributed by atoms with van der Waals surface area (Å²) in [5.74, 6) is -0.638. The van der Waals surface area contributed by atoms with Crippen LogP contribution in [0.4, 0.5) is 0 Å². The number of hydrogen-bond donors (Lipinski definition) is 2. The lowest BCUT2D eigenvalue weighted by molar-refractivity contribution is -0.135. The predicted octanol–water partition coefficient (Wildman–Crippen LogP) is 32.0. The predicted molar refractivity (Wildman–Crippen MR) is 528 cm³/mol. The molecule has 3 aromatic heterocycles. The monoisotopic (exact) mass is 1610 g/mol. The first kappa shape index (κ1) is 82.5. The fraction of sp³-hybridized carbons (Fsp3) is 0.304. The van der Waals surface area contributed by atoms with Gasteiger partial charge < -0.3 is 24.0 Å². The third-order valence-corrected chi connectivity index (χ3v) is 26.1. The Morgan fingerprint density at radius 1 is 0.303 bits per heavy atom. The van der Waals surface area contributed by atoms with Crippen molar-refractivity contribution in [1.29, 1.82) is 0 Å². The van der Waals surface area contributed by atoms with Gasteiger partial charge in [0.05, 0.1) is 30.8 Å². The second-order valence-corrected chi connectivity index (χ2v) is 43.2. The number of ether oxygens (including phenoxy) is 2. The normalized spacial score (nSPS) is 13.3. The molecule has 0 saturated carbocycles. The molecule has 0 spiro atoms. The van der Waals surface area contributed by atoms with Crippen LogP contribution in [0.25, 0.3) is 174 Å². The van der Waals surface area contributed by atoms with Gasteiger partial charge in [-0.1, -0.05) is 287 Å². The Bertz CT molecular complexity index is 7410. The largest absolute Gasteiger partial charge is 0.466 e. The van der Waals surface area contributed by atoms with Gasteiger partial charge in [0.15, 0.2) is 0 Å². The van der Waals surface area contributed by atoms with E-state index in [0.29, 0.717) is 11.3 Å². The van der Waals surface area contributed by atoms with Crippen LogP contribution in [-0.2, 0) is 57.6 Å². The van der Waals surface area contributed by atoms with Gasteiger partial charge in [-0.05, 0) is 298 Å². The lowest BCUT2D eigenvalue weighted by Crippen LogP contribution is -2.12. The Labute approximate surface area is 719 Å². The second-order valence-electron chi connectivity index (χ2n) is 43.2. The summed E-state index contributed by atoms with van der Waals surface area (Å²) in [5.41, 5.74) is 18.2. The van der Waals surface area contributed by atoms with Crippen molar-refractivity contribution in [1.82, 2.24) is 14.5 Å². The van der Waals surface area contributed by atoms with E-state index in [1.54, 1.807) is 0 Å². The van der Waals surface area contributed by atoms with Crippen LogP contribution in [0.2, 0.25) is 0 Å². The Morgan fingerprint density at radius 3 is 1.03 bits per heavy atom. The maximum Gasteiger partial charge on any atom is 0.354 e. The number of benzene rings is 17. The maximum atomic E-state index is 12.4. The molecule has 0 aliphatic carbocycles. The minimum absolute atomic E-state index is 0.0218. The van der Waals surface area contributed by atoms with Crippen LogP contribution in [0.5, 0.6) is 0 Å². The summed E-state index contributed by atoms with van der Waals surface area (Å²) in [7, 11) is 2.85. The van der Waals surface area contributed by atoms with E-state index in [-0.39, 0.29) is 55.3 Å². The Balaban J connectivity index is 0.000000116. The minimum atomic E-state index is -0.343. The van der Waals surface area contributed by atoms with Gasteiger partial charge in [0.1, 0.15) is 5.69 Å². The average molecular weight is 1610 g/mol. The van der Waals surface area contributed by atoms with Gasteiger partial charge in [-0.25, -0.2) is 9.59 Å². The molecule has 7 nitrogen and oxygen atoms in total. The number of rotatable bonds is 4. The number of aromatic amines is 2. The molecule has 0 saturated heterocycles. The number of H-pyrrole nitrogens is 2. The molecule has 0 amide bonds. The third-order valence-electron chi connectivity index (χ3n) is 26.1. The van der Waals surface area contributed by atoms with Crippen molar-refractivity contribution >= 4 is 180 Å². The van der Waals surface area contributed by atoms with Gasteiger partial charge in [0, 0.05) is 56.0 Å². The molecule has 0 radical (unpaired) electrons. The zero-order chi connectivity index (χ0) is 87.3. The van der Waals surface area contributed by atoms with E-state index in [0.717, 1.165) is 21.9 Å². The van der Waals surface area contributed by atoms with Gasteiger partial charge >= 0.3 is 11.9 Å². The number of aromatic nitrogens is 3. The van der Waals surface area contributed by atoms with Gasteiger partial charge in [0.2, 0.25) is 0 Å². The highest BCUT2D eigenvalue weighted by molar-refractivity contribution is 6.37. The molecule has 0 atom stereocenters. The molecule has 7 heteroatoms. The molecule has 0 aliphatic rings. The van der Waals surface area contributed by atoms with Crippen molar-refractivity contribution in [3.05, 3.63) is 274 Å². The lowest BCUT2D eigenvalue weighted by atomic mass is 9.80. The van der Waals surface area contributed by atoms with Crippen LogP contribution in [0, 0.1) is 0 Å². The molecule has 0 fully saturated rings. The second kappa shape index (κ2) is 28.7. The molecule has 0 bridgehead atoms. The quantitative estimate of drug-likeness (QED) is 0.104. The smallest absolute Gasteiger partial charge is 0.354 e. The highest BCUT2D eigenvalue weighted by Gasteiger charge is 2.30. The van der Waals surface area contributed by atoms with E-state index in [4.69, 9.17) is 9.47 Å². The van der Waals surface area contributed by atoms with E-state index in [1.807, 2.05) is 19.1 Å². The van der Waals surface area contributed by atoms with Crippen LogP contribution in [-0.4, -0.2) is 40.7 Å². The highest BCUT2D eigenvalue weighted by atomic mass is 16.5. The molecule has 0 aliphatic heterocycles. The van der Waals surface area contributed by atoms with Crippen LogP contribution in [0.15, 0.2) is 218 Å². The van der Waals surface area contributed by atoms with Crippen molar-refractivity contribution < 1.29 is 19.1 Å². The number of nitrogens with one attached hydrogen (secondary N) is 2. The van der Waals surface area contributed by atoms with Crippen LogP contribution in [0.1, 0.15) is 234 Å². The Hall–Kier alpha value is -11.8. The summed E-state index contributed by atoms with van der Waals surface area (Å²) in [4.78, 5) is 31.5. The summed E-state index contributed by atoms with van der Waals surface area (Å²) in [5, 5.41) is 35.0. The van der Waals surface area contributed by atoms with E-state index in [1.165, 1.54) is 210 Å². The third kappa shape index (κ3) is 14.3. The van der Waals surface area contributed by atoms with E-state index in [2.05, 4.69) is 387 Å². The molecule has 20 aromatic rings. The number of nitrogens with zero attached hydrogens (tertiary/aromatic N) is 1. The summed E-state index contributed by atoms with van der Waals surface area (Å²) in [6, 6.07) is 75.5. The number of para-hydroxylation sites is 1. The molecule has 3 heterocycles. The Morgan fingerprint density at radius 2 is 0.631 bits per heavy atom. The van der Waals surface area contributed by atoms with Crippen molar-refractivity contribution in [2.24, 2.45) is 0 Å². The van der Waals surface area contributed by atoms with Crippen molar-refractivity contribution in [2.75, 3.05) is 14.2 Å². The van der Waals surface area contributed by atoms with Crippen molar-refractivity contribution in [3.8, 4) is 5.69 Å². The maximum absolute atomic E-state index is 12.4. The molecule has 122 heavy (non-hydrogen) atoms. The molecular formula is C115H119N3O4. The van der Waals surface area contributed by atoms with Crippen LogP contribution >= 0.6 is 0 Å².